The molecule has 0 atom stereocenters. The lowest BCUT2D eigenvalue weighted by molar-refractivity contribution is 0.391. The molecule has 0 N–H and O–H groups in total. The Morgan fingerprint density at radius 3 is 2.41 bits per heavy atom. The lowest BCUT2D eigenvalue weighted by atomic mass is 10.1. The second kappa shape index (κ2) is 7.42. The Hall–Kier alpha value is -2.83. The summed E-state index contributed by atoms with van der Waals surface area (Å²) in [5, 5.41) is 3.24. The Morgan fingerprint density at radius 2 is 1.70 bits per heavy atom. The fourth-order valence-corrected chi connectivity index (χ4v) is 4.01. The van der Waals surface area contributed by atoms with Crippen LogP contribution in [-0.2, 0) is 6.54 Å². The summed E-state index contributed by atoms with van der Waals surface area (Å²) < 4.78 is 0. The number of anilines is 2. The number of benzene rings is 1. The van der Waals surface area contributed by atoms with Gasteiger partial charge in [-0.2, -0.15) is 0 Å². The Bertz CT molecular complexity index is 1040. The zero-order valence-electron chi connectivity index (χ0n) is 15.6. The summed E-state index contributed by atoms with van der Waals surface area (Å²) >= 11 is 1.66. The smallest absolute Gasteiger partial charge is 0.147 e. The Kier molecular flexibility index (Phi) is 4.83. The molecule has 0 unspecified atom stereocenters. The van der Waals surface area contributed by atoms with E-state index in [0.29, 0.717) is 6.54 Å². The van der Waals surface area contributed by atoms with Crippen LogP contribution in [0, 0.1) is 0 Å². The van der Waals surface area contributed by atoms with E-state index in [1.165, 1.54) is 5.56 Å². The molecule has 0 radical (unpaired) electrons. The summed E-state index contributed by atoms with van der Waals surface area (Å²) in [6.45, 7) is 0.692. The van der Waals surface area contributed by atoms with Crippen molar-refractivity contribution in [3.8, 4) is 11.1 Å². The van der Waals surface area contributed by atoms with Gasteiger partial charge in [0.2, 0.25) is 0 Å². The van der Waals surface area contributed by atoms with Crippen LogP contribution in [0.3, 0.4) is 0 Å². The zero-order valence-corrected chi connectivity index (χ0v) is 16.4. The summed E-state index contributed by atoms with van der Waals surface area (Å²) in [6, 6.07) is 16.3. The SMILES string of the molecule is CN(C)Cc1nc(N(C)c2ccccn2)c2c(-c3ccccc3)csc2n1. The maximum Gasteiger partial charge on any atom is 0.147 e. The monoisotopic (exact) mass is 375 g/mol. The van der Waals surface area contributed by atoms with Crippen molar-refractivity contribution in [2.45, 2.75) is 6.54 Å². The maximum absolute atomic E-state index is 4.92. The van der Waals surface area contributed by atoms with Crippen LogP contribution in [0.2, 0.25) is 0 Å². The van der Waals surface area contributed by atoms with Crippen LogP contribution in [0.15, 0.2) is 60.1 Å². The molecule has 4 aromatic rings. The minimum absolute atomic E-state index is 0.692. The molecule has 5 nitrogen and oxygen atoms in total. The molecule has 0 fully saturated rings. The first-order chi connectivity index (χ1) is 13.1. The average molecular weight is 376 g/mol. The van der Waals surface area contributed by atoms with Gasteiger partial charge in [-0.25, -0.2) is 15.0 Å². The van der Waals surface area contributed by atoms with E-state index < -0.39 is 0 Å². The average Bonchev–Trinajstić information content (AvgIpc) is 3.11. The highest BCUT2D eigenvalue weighted by Gasteiger charge is 2.19. The van der Waals surface area contributed by atoms with E-state index in [0.717, 1.165) is 33.2 Å². The number of fused-ring (bicyclic) bond motifs is 1. The molecule has 0 aliphatic rings. The van der Waals surface area contributed by atoms with Crippen molar-refractivity contribution in [2.75, 3.05) is 26.0 Å². The predicted octanol–water partition coefficient (Wildman–Crippen LogP) is 4.58. The Morgan fingerprint density at radius 1 is 0.926 bits per heavy atom. The molecule has 4 rings (SSSR count). The topological polar surface area (TPSA) is 45.2 Å². The number of rotatable bonds is 5. The number of hydrogen-bond donors (Lipinski definition) is 0. The zero-order chi connectivity index (χ0) is 18.8. The van der Waals surface area contributed by atoms with E-state index in [2.05, 4.69) is 39.5 Å². The van der Waals surface area contributed by atoms with E-state index in [1.54, 1.807) is 17.5 Å². The summed E-state index contributed by atoms with van der Waals surface area (Å²) in [5.74, 6) is 2.56. The van der Waals surface area contributed by atoms with E-state index in [-0.39, 0.29) is 0 Å². The van der Waals surface area contributed by atoms with Gasteiger partial charge in [-0.15, -0.1) is 11.3 Å². The molecule has 0 aliphatic heterocycles. The molecular weight excluding hydrogens is 354 g/mol. The number of pyridine rings is 1. The first-order valence-corrected chi connectivity index (χ1v) is 9.64. The van der Waals surface area contributed by atoms with Gasteiger partial charge in [-0.1, -0.05) is 36.4 Å². The molecular formula is C21H21N5S. The molecule has 0 saturated heterocycles. The van der Waals surface area contributed by atoms with Crippen LogP contribution in [0.4, 0.5) is 11.6 Å². The fourth-order valence-electron chi connectivity index (χ4n) is 3.05. The lowest BCUT2D eigenvalue weighted by Gasteiger charge is -2.20. The second-order valence-corrected chi connectivity index (χ2v) is 7.50. The van der Waals surface area contributed by atoms with Gasteiger partial charge in [-0.05, 0) is 31.8 Å². The van der Waals surface area contributed by atoms with E-state index in [1.807, 2.05) is 50.3 Å². The molecule has 0 amide bonds. The van der Waals surface area contributed by atoms with Crippen molar-refractivity contribution in [3.05, 3.63) is 65.9 Å². The molecule has 27 heavy (non-hydrogen) atoms. The third kappa shape index (κ3) is 3.54. The van der Waals surface area contributed by atoms with Gasteiger partial charge in [0.1, 0.15) is 22.3 Å². The van der Waals surface area contributed by atoms with E-state index in [9.17, 15) is 0 Å². The summed E-state index contributed by atoms with van der Waals surface area (Å²) in [6.07, 6.45) is 1.80. The van der Waals surface area contributed by atoms with Gasteiger partial charge in [-0.3, -0.25) is 0 Å². The molecule has 0 spiro atoms. The normalized spacial score (nSPS) is 11.3. The van der Waals surface area contributed by atoms with E-state index in [4.69, 9.17) is 9.97 Å². The third-order valence-corrected chi connectivity index (χ3v) is 5.19. The van der Waals surface area contributed by atoms with Gasteiger partial charge in [0.15, 0.2) is 0 Å². The van der Waals surface area contributed by atoms with E-state index >= 15 is 0 Å². The summed E-state index contributed by atoms with van der Waals surface area (Å²) in [5.41, 5.74) is 2.33. The van der Waals surface area contributed by atoms with Crippen molar-refractivity contribution in [2.24, 2.45) is 0 Å². The highest BCUT2D eigenvalue weighted by Crippen LogP contribution is 2.39. The van der Waals surface area contributed by atoms with Crippen LogP contribution < -0.4 is 4.90 Å². The number of thiophene rings is 1. The third-order valence-electron chi connectivity index (χ3n) is 4.31. The maximum atomic E-state index is 4.92. The van der Waals surface area contributed by atoms with Crippen LogP contribution in [-0.4, -0.2) is 41.0 Å². The van der Waals surface area contributed by atoms with Crippen molar-refractivity contribution in [3.63, 3.8) is 0 Å². The number of nitrogens with zero attached hydrogens (tertiary/aromatic N) is 5. The molecule has 1 aromatic carbocycles. The van der Waals surface area contributed by atoms with Crippen LogP contribution in [0.5, 0.6) is 0 Å². The first kappa shape index (κ1) is 17.6. The van der Waals surface area contributed by atoms with Crippen molar-refractivity contribution < 1.29 is 0 Å². The fraction of sp³-hybridized carbons (Fsp3) is 0.190. The molecule has 6 heteroatoms. The largest absolute Gasteiger partial charge is 0.313 e. The highest BCUT2D eigenvalue weighted by atomic mass is 32.1. The van der Waals surface area contributed by atoms with Crippen LogP contribution in [0.25, 0.3) is 21.3 Å². The van der Waals surface area contributed by atoms with Crippen LogP contribution in [0.1, 0.15) is 5.82 Å². The lowest BCUT2D eigenvalue weighted by Crippen LogP contribution is -2.17. The standard InChI is InChI=1S/C21H21N5S/c1-25(2)13-17-23-20(26(3)18-11-7-8-12-22-18)19-16(14-27-21(19)24-17)15-9-5-4-6-10-15/h4-12,14H,13H2,1-3H3. The minimum atomic E-state index is 0.692. The van der Waals surface area contributed by atoms with Gasteiger partial charge in [0.25, 0.3) is 0 Å². The predicted molar refractivity (Wildman–Crippen MR) is 113 cm³/mol. The van der Waals surface area contributed by atoms with Crippen LogP contribution >= 0.6 is 11.3 Å². The molecule has 0 saturated carbocycles. The summed E-state index contributed by atoms with van der Waals surface area (Å²) in [7, 11) is 6.06. The Labute approximate surface area is 163 Å². The van der Waals surface area contributed by atoms with Gasteiger partial charge < -0.3 is 9.80 Å². The van der Waals surface area contributed by atoms with Gasteiger partial charge in [0, 0.05) is 24.2 Å². The number of hydrogen-bond acceptors (Lipinski definition) is 6. The molecule has 0 aliphatic carbocycles. The second-order valence-electron chi connectivity index (χ2n) is 6.64. The summed E-state index contributed by atoms with van der Waals surface area (Å²) in [4.78, 5) is 19.4. The number of aromatic nitrogens is 3. The quantitative estimate of drug-likeness (QED) is 0.511. The minimum Gasteiger partial charge on any atom is -0.313 e. The van der Waals surface area contributed by atoms with Gasteiger partial charge >= 0.3 is 0 Å². The first-order valence-electron chi connectivity index (χ1n) is 8.76. The molecule has 3 aromatic heterocycles. The molecule has 136 valence electrons. The Balaban J connectivity index is 1.93. The van der Waals surface area contributed by atoms with Gasteiger partial charge in [0.05, 0.1) is 11.9 Å². The van der Waals surface area contributed by atoms with Crippen molar-refractivity contribution in [1.29, 1.82) is 0 Å². The molecule has 3 heterocycles. The van der Waals surface area contributed by atoms with Crippen molar-refractivity contribution >= 4 is 33.2 Å². The molecule has 0 bridgehead atoms. The van der Waals surface area contributed by atoms with Crippen molar-refractivity contribution in [1.82, 2.24) is 19.9 Å². The highest BCUT2D eigenvalue weighted by molar-refractivity contribution is 7.17.